The molecule has 2 rings (SSSR count). The van der Waals surface area contributed by atoms with Crippen LogP contribution in [0.25, 0.3) is 6.20 Å². The molecule has 0 spiro atoms. The van der Waals surface area contributed by atoms with Gasteiger partial charge in [-0.3, -0.25) is 9.41 Å². The number of rotatable bonds is 0. The van der Waals surface area contributed by atoms with Crippen LogP contribution in [0, 0.1) is 0 Å². The van der Waals surface area contributed by atoms with Crippen LogP contribution < -0.4 is 9.89 Å². The Hall–Kier alpha value is -0.250. The lowest BCUT2D eigenvalue weighted by Gasteiger charge is -2.07. The number of hydrogen-bond acceptors (Lipinski definition) is 3. The van der Waals surface area contributed by atoms with Gasteiger partial charge in [-0.2, -0.15) is 0 Å². The third kappa shape index (κ3) is 1.24. The number of hydrogen-bond donors (Lipinski definition) is 0. The fourth-order valence-corrected chi connectivity index (χ4v) is 2.13. The van der Waals surface area contributed by atoms with Crippen LogP contribution in [-0.2, 0) is 0 Å². The number of thiophene rings is 1. The predicted molar refractivity (Wildman–Crippen MR) is 47.1 cm³/mol. The number of halogens is 2. The van der Waals surface area contributed by atoms with Crippen LogP contribution in [0.5, 0.6) is 0 Å². The Bertz CT molecular complexity index is 384. The normalized spacial score (nSPS) is 15.3. The van der Waals surface area contributed by atoms with Gasteiger partial charge >= 0.3 is 0 Å². The van der Waals surface area contributed by atoms with E-state index >= 15 is 0 Å². The summed E-state index contributed by atoms with van der Waals surface area (Å²) < 4.78 is 2.45. The first-order chi connectivity index (χ1) is 5.27. The molecule has 0 amide bonds. The molecule has 0 atom stereocenters. The van der Waals surface area contributed by atoms with E-state index < -0.39 is 0 Å². The molecule has 5 heteroatoms. The van der Waals surface area contributed by atoms with Crippen molar-refractivity contribution in [3.63, 3.8) is 0 Å². The SMILES string of the molecule is Clc1csc2c1=CN(Cl)CN=2. The van der Waals surface area contributed by atoms with Crippen molar-refractivity contribution < 1.29 is 0 Å². The van der Waals surface area contributed by atoms with Crippen molar-refractivity contribution in [2.24, 2.45) is 4.99 Å². The van der Waals surface area contributed by atoms with Crippen molar-refractivity contribution in [3.05, 3.63) is 20.3 Å². The molecule has 1 aromatic heterocycles. The molecule has 58 valence electrons. The highest BCUT2D eigenvalue weighted by Gasteiger charge is 2.04. The summed E-state index contributed by atoms with van der Waals surface area (Å²) in [4.78, 5) is 4.19. The summed E-state index contributed by atoms with van der Waals surface area (Å²) in [7, 11) is 0. The quantitative estimate of drug-likeness (QED) is 0.583. The molecule has 2 nitrogen and oxygen atoms in total. The van der Waals surface area contributed by atoms with E-state index in [0.29, 0.717) is 6.67 Å². The zero-order chi connectivity index (χ0) is 7.84. The second kappa shape index (κ2) is 2.66. The number of nitrogens with zero attached hydrogens (tertiary/aromatic N) is 2. The first kappa shape index (κ1) is 7.40. The van der Waals surface area contributed by atoms with E-state index in [9.17, 15) is 0 Å². The maximum Gasteiger partial charge on any atom is 0.126 e. The average molecular weight is 207 g/mol. The van der Waals surface area contributed by atoms with Gasteiger partial charge in [0.25, 0.3) is 0 Å². The van der Waals surface area contributed by atoms with E-state index in [0.717, 1.165) is 14.9 Å². The van der Waals surface area contributed by atoms with Gasteiger partial charge in [-0.25, -0.2) is 0 Å². The summed E-state index contributed by atoms with van der Waals surface area (Å²) >= 11 is 13.1. The van der Waals surface area contributed by atoms with Gasteiger partial charge in [0.05, 0.1) is 5.02 Å². The molecule has 2 heterocycles. The Morgan fingerprint density at radius 3 is 3.27 bits per heavy atom. The Morgan fingerprint density at radius 1 is 1.64 bits per heavy atom. The van der Waals surface area contributed by atoms with Crippen molar-refractivity contribution in [3.8, 4) is 0 Å². The minimum absolute atomic E-state index is 0.505. The largest absolute Gasteiger partial charge is 0.270 e. The third-order valence-electron chi connectivity index (χ3n) is 1.38. The lowest BCUT2D eigenvalue weighted by molar-refractivity contribution is 0.645. The van der Waals surface area contributed by atoms with Crippen LogP contribution in [0.4, 0.5) is 0 Å². The topological polar surface area (TPSA) is 15.6 Å². The average Bonchev–Trinajstić information content (AvgIpc) is 2.33. The van der Waals surface area contributed by atoms with Crippen molar-refractivity contribution in [1.82, 2.24) is 4.42 Å². The van der Waals surface area contributed by atoms with E-state index in [1.807, 2.05) is 5.38 Å². The van der Waals surface area contributed by atoms with Crippen LogP contribution in [-0.4, -0.2) is 11.1 Å². The maximum atomic E-state index is 5.86. The van der Waals surface area contributed by atoms with Gasteiger partial charge in [0.1, 0.15) is 11.3 Å². The van der Waals surface area contributed by atoms with Crippen LogP contribution >= 0.6 is 34.7 Å². The van der Waals surface area contributed by atoms with Crippen molar-refractivity contribution in [1.29, 1.82) is 0 Å². The smallest absolute Gasteiger partial charge is 0.126 e. The molecule has 0 N–H and O–H groups in total. The monoisotopic (exact) mass is 206 g/mol. The highest BCUT2D eigenvalue weighted by molar-refractivity contribution is 7.07. The van der Waals surface area contributed by atoms with Crippen LogP contribution in [0.15, 0.2) is 10.4 Å². The molecular weight excluding hydrogens is 203 g/mol. The van der Waals surface area contributed by atoms with Gasteiger partial charge in [-0.15, -0.1) is 11.3 Å². The third-order valence-corrected chi connectivity index (χ3v) is 2.95. The van der Waals surface area contributed by atoms with Gasteiger partial charge in [0.2, 0.25) is 0 Å². The first-order valence-electron chi connectivity index (χ1n) is 2.99. The molecule has 1 aliphatic rings. The van der Waals surface area contributed by atoms with Gasteiger partial charge in [0.15, 0.2) is 0 Å². The molecule has 0 fully saturated rings. The van der Waals surface area contributed by atoms with E-state index in [4.69, 9.17) is 23.4 Å². The zero-order valence-electron chi connectivity index (χ0n) is 5.42. The Labute approximate surface area is 77.5 Å². The molecule has 11 heavy (non-hydrogen) atoms. The van der Waals surface area contributed by atoms with Crippen molar-refractivity contribution in [2.45, 2.75) is 0 Å². The standard InChI is InChI=1S/C6H4Cl2N2S/c7-5-2-11-6-4(5)1-10(8)3-9-6/h1-2H,3H2. The summed E-state index contributed by atoms with van der Waals surface area (Å²) in [5.74, 6) is 0. The number of fused-ring (bicyclic) bond motifs is 1. The molecular formula is C6H4Cl2N2S. The van der Waals surface area contributed by atoms with E-state index in [1.165, 1.54) is 15.8 Å². The Kier molecular flexibility index (Phi) is 1.79. The summed E-state index contributed by atoms with van der Waals surface area (Å²) in [6, 6.07) is 0. The minimum atomic E-state index is 0.505. The molecule has 0 aliphatic carbocycles. The van der Waals surface area contributed by atoms with E-state index in [1.54, 1.807) is 6.20 Å². The first-order valence-corrected chi connectivity index (χ1v) is 4.59. The van der Waals surface area contributed by atoms with Gasteiger partial charge < -0.3 is 0 Å². The second-order valence-electron chi connectivity index (χ2n) is 2.13. The Morgan fingerprint density at radius 2 is 2.45 bits per heavy atom. The second-order valence-corrected chi connectivity index (χ2v) is 3.83. The fourth-order valence-electron chi connectivity index (χ4n) is 0.889. The van der Waals surface area contributed by atoms with E-state index in [2.05, 4.69) is 4.99 Å². The fraction of sp³-hybridized carbons (Fsp3) is 0.167. The van der Waals surface area contributed by atoms with Gasteiger partial charge in [-0.1, -0.05) is 11.6 Å². The molecule has 1 aliphatic heterocycles. The zero-order valence-corrected chi connectivity index (χ0v) is 7.75. The van der Waals surface area contributed by atoms with Crippen LogP contribution in [0.1, 0.15) is 0 Å². The predicted octanol–water partition coefficient (Wildman–Crippen LogP) is 1.19. The molecule has 0 bridgehead atoms. The summed E-state index contributed by atoms with van der Waals surface area (Å²) in [6.07, 6.45) is 1.79. The highest BCUT2D eigenvalue weighted by atomic mass is 35.5. The Balaban J connectivity index is 2.77. The lowest BCUT2D eigenvalue weighted by atomic mass is 10.5. The van der Waals surface area contributed by atoms with Crippen LogP contribution in [0.2, 0.25) is 5.02 Å². The van der Waals surface area contributed by atoms with Crippen molar-refractivity contribution in [2.75, 3.05) is 6.67 Å². The molecule has 0 radical (unpaired) electrons. The summed E-state index contributed by atoms with van der Waals surface area (Å²) in [5.41, 5.74) is 0. The van der Waals surface area contributed by atoms with Crippen LogP contribution in [0.3, 0.4) is 0 Å². The van der Waals surface area contributed by atoms with Gasteiger partial charge in [-0.05, 0) is 0 Å². The van der Waals surface area contributed by atoms with Gasteiger partial charge in [0, 0.05) is 28.6 Å². The summed E-state index contributed by atoms with van der Waals surface area (Å²) in [5, 5.41) is 3.51. The molecule has 0 saturated heterocycles. The lowest BCUT2D eigenvalue weighted by Crippen LogP contribution is -2.28. The van der Waals surface area contributed by atoms with E-state index in [-0.39, 0.29) is 0 Å². The maximum absolute atomic E-state index is 5.86. The minimum Gasteiger partial charge on any atom is -0.270 e. The molecule has 0 unspecified atom stereocenters. The molecule has 1 aromatic rings. The molecule has 0 saturated carbocycles. The summed E-state index contributed by atoms with van der Waals surface area (Å²) in [6.45, 7) is 0.505. The van der Waals surface area contributed by atoms with Crippen molar-refractivity contribution >= 4 is 40.9 Å². The molecule has 0 aromatic carbocycles. The highest BCUT2D eigenvalue weighted by Crippen LogP contribution is 2.05.